The summed E-state index contributed by atoms with van der Waals surface area (Å²) in [6.07, 6.45) is 1.33. The van der Waals surface area contributed by atoms with Gasteiger partial charge < -0.3 is 16.0 Å². The number of nitrogens with one attached hydrogen (secondary N) is 1. The molecule has 0 bridgehead atoms. The molecule has 1 saturated heterocycles. The summed E-state index contributed by atoms with van der Waals surface area (Å²) in [6, 6.07) is 0.761. The summed E-state index contributed by atoms with van der Waals surface area (Å²) in [5.41, 5.74) is 4.56. The summed E-state index contributed by atoms with van der Waals surface area (Å²) in [6.45, 7) is 1.00. The lowest BCUT2D eigenvalue weighted by Gasteiger charge is -2.33. The summed E-state index contributed by atoms with van der Waals surface area (Å²) >= 11 is 6.00. The first kappa shape index (κ1) is 25.1. The van der Waals surface area contributed by atoms with Crippen LogP contribution in [0.15, 0.2) is 12.3 Å². The number of halogens is 6. The van der Waals surface area contributed by atoms with Crippen LogP contribution in [0, 0.1) is 0 Å². The molecule has 0 aromatic carbocycles. The highest BCUT2D eigenvalue weighted by molar-refractivity contribution is 6.33. The number of amides is 1. The van der Waals surface area contributed by atoms with Crippen molar-refractivity contribution in [2.75, 3.05) is 18.0 Å². The Labute approximate surface area is 179 Å². The van der Waals surface area contributed by atoms with Crippen molar-refractivity contribution in [3.63, 3.8) is 0 Å². The van der Waals surface area contributed by atoms with Crippen molar-refractivity contribution in [3.05, 3.63) is 22.8 Å². The second kappa shape index (κ2) is 9.69. The zero-order valence-corrected chi connectivity index (χ0v) is 17.5. The molecule has 1 atom stereocenters. The van der Waals surface area contributed by atoms with Crippen molar-refractivity contribution in [3.8, 4) is 0 Å². The predicted molar refractivity (Wildman–Crippen MR) is 108 cm³/mol. The lowest BCUT2D eigenvalue weighted by atomic mass is 9.82. The Morgan fingerprint density at radius 1 is 1.29 bits per heavy atom. The lowest BCUT2D eigenvalue weighted by molar-refractivity contribution is -0.137. The van der Waals surface area contributed by atoms with Gasteiger partial charge in [0.2, 0.25) is 5.91 Å². The van der Waals surface area contributed by atoms with Crippen LogP contribution in [-0.4, -0.2) is 35.6 Å². The molecule has 160 valence electrons. The minimum atomic E-state index is -4.48. The highest BCUT2D eigenvalue weighted by Gasteiger charge is 2.38. The quantitative estimate of drug-likeness (QED) is 0.712. The first-order valence-electron chi connectivity index (χ1n) is 8.76. The molecule has 1 aliphatic carbocycles. The molecule has 2 aliphatic rings. The third-order valence-electron chi connectivity index (χ3n) is 5.17. The minimum Gasteiger partial charge on any atom is -0.353 e. The van der Waals surface area contributed by atoms with E-state index in [1.165, 1.54) is 0 Å². The number of aromatic nitrogens is 1. The van der Waals surface area contributed by atoms with Crippen molar-refractivity contribution in [1.29, 1.82) is 0 Å². The van der Waals surface area contributed by atoms with Gasteiger partial charge in [-0.3, -0.25) is 4.79 Å². The monoisotopic (exact) mass is 462 g/mol. The number of alkyl halides is 3. The molecule has 0 radical (unpaired) electrons. The van der Waals surface area contributed by atoms with E-state index >= 15 is 0 Å². The van der Waals surface area contributed by atoms with Crippen molar-refractivity contribution in [2.45, 2.75) is 56.3 Å². The molecule has 3 rings (SSSR count). The third-order valence-corrected chi connectivity index (χ3v) is 5.45. The van der Waals surface area contributed by atoms with Gasteiger partial charge in [0.05, 0.1) is 16.1 Å². The topological polar surface area (TPSA) is 71.2 Å². The second-order valence-electron chi connectivity index (χ2n) is 7.15. The van der Waals surface area contributed by atoms with Gasteiger partial charge in [0.15, 0.2) is 0 Å². The van der Waals surface area contributed by atoms with Crippen LogP contribution < -0.4 is 16.0 Å². The Morgan fingerprint density at radius 3 is 2.50 bits per heavy atom. The maximum atomic E-state index is 12.7. The van der Waals surface area contributed by atoms with Crippen LogP contribution in [0.25, 0.3) is 0 Å². The van der Waals surface area contributed by atoms with Gasteiger partial charge in [0, 0.05) is 25.3 Å². The second-order valence-corrected chi connectivity index (χ2v) is 7.56. The Morgan fingerprint density at radius 2 is 1.93 bits per heavy atom. The molecule has 2 fully saturated rings. The Hall–Kier alpha value is -0.960. The standard InChI is InChI=1S/C17H22ClF3N4O.2ClH/c18-13-8-11(17(19,20)21)9-23-14(13)25-7-4-12(10-25)24-15(26)16(22)5-2-1-3-6-16;;/h8-9,12H,1-7,10,22H2,(H,24,26);2*1H. The van der Waals surface area contributed by atoms with Crippen molar-refractivity contribution >= 4 is 48.1 Å². The Bertz CT molecular complexity index is 684. The van der Waals surface area contributed by atoms with E-state index in [4.69, 9.17) is 17.3 Å². The van der Waals surface area contributed by atoms with Crippen molar-refractivity contribution < 1.29 is 18.0 Å². The first-order chi connectivity index (χ1) is 12.2. The lowest BCUT2D eigenvalue weighted by Crippen LogP contribution is -2.57. The van der Waals surface area contributed by atoms with E-state index in [0.29, 0.717) is 38.2 Å². The van der Waals surface area contributed by atoms with Crippen LogP contribution in [0.5, 0.6) is 0 Å². The number of hydrogen-bond acceptors (Lipinski definition) is 4. The Balaban J connectivity index is 0.00000196. The van der Waals surface area contributed by atoms with E-state index in [-0.39, 0.29) is 41.8 Å². The summed E-state index contributed by atoms with van der Waals surface area (Å²) in [5.74, 6) is 0.159. The predicted octanol–water partition coefficient (Wildman–Crippen LogP) is 3.95. The van der Waals surface area contributed by atoms with E-state index in [1.54, 1.807) is 4.90 Å². The van der Waals surface area contributed by atoms with E-state index in [0.717, 1.165) is 31.5 Å². The number of hydrogen-bond donors (Lipinski definition) is 2. The number of anilines is 1. The largest absolute Gasteiger partial charge is 0.417 e. The maximum absolute atomic E-state index is 12.7. The summed E-state index contributed by atoms with van der Waals surface area (Å²) < 4.78 is 38.2. The zero-order valence-electron chi connectivity index (χ0n) is 15.1. The number of carbonyl (C=O) groups is 1. The van der Waals surface area contributed by atoms with Crippen LogP contribution in [0.3, 0.4) is 0 Å². The molecule has 2 heterocycles. The fourth-order valence-corrected chi connectivity index (χ4v) is 3.91. The Kier molecular flexibility index (Phi) is 8.68. The molecule has 5 nitrogen and oxygen atoms in total. The normalized spacial score (nSPS) is 21.5. The molecule has 28 heavy (non-hydrogen) atoms. The van der Waals surface area contributed by atoms with Gasteiger partial charge in [0.1, 0.15) is 5.82 Å². The van der Waals surface area contributed by atoms with Crippen LogP contribution >= 0.6 is 36.4 Å². The molecular formula is C17H24Cl3F3N4O. The number of carbonyl (C=O) groups excluding carboxylic acids is 1. The van der Waals surface area contributed by atoms with Crippen molar-refractivity contribution in [2.24, 2.45) is 5.73 Å². The van der Waals surface area contributed by atoms with Gasteiger partial charge in [-0.05, 0) is 25.3 Å². The summed E-state index contributed by atoms with van der Waals surface area (Å²) in [7, 11) is 0. The first-order valence-corrected chi connectivity index (χ1v) is 9.14. The molecule has 1 amide bonds. The van der Waals surface area contributed by atoms with Gasteiger partial charge in [-0.2, -0.15) is 13.2 Å². The smallest absolute Gasteiger partial charge is 0.353 e. The van der Waals surface area contributed by atoms with E-state index in [2.05, 4.69) is 10.3 Å². The third kappa shape index (κ3) is 5.55. The molecule has 11 heteroatoms. The molecule has 1 aromatic rings. The SMILES string of the molecule is Cl.Cl.NC1(C(=O)NC2CCN(c3ncc(C(F)(F)F)cc3Cl)C2)CCCCC1. The van der Waals surface area contributed by atoms with Gasteiger partial charge in [0.25, 0.3) is 0 Å². The van der Waals surface area contributed by atoms with Gasteiger partial charge in [-0.1, -0.05) is 30.9 Å². The molecule has 1 unspecified atom stereocenters. The van der Waals surface area contributed by atoms with E-state index in [9.17, 15) is 18.0 Å². The van der Waals surface area contributed by atoms with E-state index < -0.39 is 17.3 Å². The fraction of sp³-hybridized carbons (Fsp3) is 0.647. The van der Waals surface area contributed by atoms with Gasteiger partial charge in [-0.15, -0.1) is 24.8 Å². The molecular weight excluding hydrogens is 440 g/mol. The molecule has 1 aliphatic heterocycles. The van der Waals surface area contributed by atoms with Crippen molar-refractivity contribution in [1.82, 2.24) is 10.3 Å². The van der Waals surface area contributed by atoms with Gasteiger partial charge >= 0.3 is 6.18 Å². The summed E-state index contributed by atoms with van der Waals surface area (Å²) in [5, 5.41) is 2.94. The van der Waals surface area contributed by atoms with Gasteiger partial charge in [-0.25, -0.2) is 4.98 Å². The number of nitrogens with two attached hydrogens (primary N) is 1. The summed E-state index contributed by atoms with van der Waals surface area (Å²) in [4.78, 5) is 18.2. The maximum Gasteiger partial charge on any atom is 0.417 e. The molecule has 1 saturated carbocycles. The highest BCUT2D eigenvalue weighted by atomic mass is 35.5. The minimum absolute atomic E-state index is 0. The average Bonchev–Trinajstić information content (AvgIpc) is 3.02. The van der Waals surface area contributed by atoms with Crippen LogP contribution in [-0.2, 0) is 11.0 Å². The number of pyridine rings is 1. The molecule has 0 spiro atoms. The molecule has 3 N–H and O–H groups in total. The van der Waals surface area contributed by atoms with E-state index in [1.807, 2.05) is 0 Å². The van der Waals surface area contributed by atoms with Crippen LogP contribution in [0.4, 0.5) is 19.0 Å². The highest BCUT2D eigenvalue weighted by Crippen LogP contribution is 2.34. The molecule has 1 aromatic heterocycles. The fourth-order valence-electron chi connectivity index (χ4n) is 3.63. The zero-order chi connectivity index (χ0) is 18.9. The van der Waals surface area contributed by atoms with Crippen LogP contribution in [0.1, 0.15) is 44.1 Å². The average molecular weight is 464 g/mol. The number of rotatable bonds is 3. The van der Waals surface area contributed by atoms with Crippen LogP contribution in [0.2, 0.25) is 5.02 Å². The number of nitrogens with zero attached hydrogens (tertiary/aromatic N) is 2.